The van der Waals surface area contributed by atoms with Crippen molar-refractivity contribution in [3.63, 3.8) is 0 Å². The van der Waals surface area contributed by atoms with Crippen molar-refractivity contribution in [1.82, 2.24) is 29.8 Å². The van der Waals surface area contributed by atoms with Crippen LogP contribution >= 0.6 is 0 Å². The number of aliphatic imine (C=N–C) groups is 1. The highest BCUT2D eigenvalue weighted by molar-refractivity contribution is 5.89. The lowest BCUT2D eigenvalue weighted by molar-refractivity contribution is 0.151. The van der Waals surface area contributed by atoms with Crippen molar-refractivity contribution < 1.29 is 17.9 Å². The van der Waals surface area contributed by atoms with Crippen LogP contribution in [0, 0.1) is 12.7 Å². The molecule has 0 aliphatic carbocycles. The summed E-state index contributed by atoms with van der Waals surface area (Å²) in [6.07, 6.45) is 3.88. The van der Waals surface area contributed by atoms with Gasteiger partial charge in [0.2, 0.25) is 5.90 Å². The highest BCUT2D eigenvalue weighted by Crippen LogP contribution is 2.19. The Morgan fingerprint density at radius 2 is 2.10 bits per heavy atom. The van der Waals surface area contributed by atoms with Gasteiger partial charge in [0, 0.05) is 24.9 Å². The van der Waals surface area contributed by atoms with E-state index < -0.39 is 12.2 Å². The minimum Gasteiger partial charge on any atom is -0.471 e. The number of hydrogen-bond acceptors (Lipinski definition) is 6. The van der Waals surface area contributed by atoms with E-state index in [1.165, 1.54) is 27.7 Å². The van der Waals surface area contributed by atoms with Gasteiger partial charge in [0.25, 0.3) is 6.43 Å². The van der Waals surface area contributed by atoms with Gasteiger partial charge in [-0.2, -0.15) is 9.78 Å². The fraction of sp³-hybridized carbons (Fsp3) is 0.211. The van der Waals surface area contributed by atoms with Gasteiger partial charge in [-0.1, -0.05) is 11.8 Å². The maximum absolute atomic E-state index is 13.1. The van der Waals surface area contributed by atoms with Gasteiger partial charge in [-0.15, -0.1) is 5.10 Å². The molecule has 0 bridgehead atoms. The highest BCUT2D eigenvalue weighted by Gasteiger charge is 2.15. The van der Waals surface area contributed by atoms with E-state index >= 15 is 0 Å². The summed E-state index contributed by atoms with van der Waals surface area (Å²) in [5.41, 5.74) is 1.39. The predicted octanol–water partition coefficient (Wildman–Crippen LogP) is 3.52. The molecular formula is C19H18F3N7O. The summed E-state index contributed by atoms with van der Waals surface area (Å²) < 4.78 is 46.9. The summed E-state index contributed by atoms with van der Waals surface area (Å²) in [7, 11) is 1.54. The second-order valence-electron chi connectivity index (χ2n) is 6.06. The molecule has 156 valence electrons. The molecule has 3 heterocycles. The van der Waals surface area contributed by atoms with Crippen LogP contribution in [0.15, 0.2) is 54.4 Å². The standard InChI is InChI=1S/C19H18F3N7O/c1-12(28-10-15(20)9-25-28)4-7-18(23-3)30-11-16-13(2)26-27-29(16)17-6-5-14(8-24-17)19(21)22/h4-10,19H,1,11H2,2-3H3/b7-4-,23-18+. The minimum atomic E-state index is -2.60. The van der Waals surface area contributed by atoms with Gasteiger partial charge in [-0.25, -0.2) is 22.8 Å². The van der Waals surface area contributed by atoms with Crippen LogP contribution in [0.3, 0.4) is 0 Å². The SMILES string of the molecule is C=C(/C=C\C(=N/C)OCc1c(C)nnn1-c1ccc(C(F)F)cn1)n1cc(F)cn1. The summed E-state index contributed by atoms with van der Waals surface area (Å²) in [5.74, 6) is 0.131. The Hall–Kier alpha value is -3.76. The van der Waals surface area contributed by atoms with Crippen molar-refractivity contribution >= 4 is 11.6 Å². The maximum Gasteiger partial charge on any atom is 0.265 e. The molecule has 0 unspecified atom stereocenters. The summed E-state index contributed by atoms with van der Waals surface area (Å²) in [5, 5.41) is 11.8. The molecule has 0 saturated carbocycles. The van der Waals surface area contributed by atoms with E-state index in [0.29, 0.717) is 22.9 Å². The average Bonchev–Trinajstić information content (AvgIpc) is 3.33. The lowest BCUT2D eigenvalue weighted by atomic mass is 10.3. The molecule has 11 heteroatoms. The monoisotopic (exact) mass is 417 g/mol. The lowest BCUT2D eigenvalue weighted by Crippen LogP contribution is -2.10. The number of ether oxygens (including phenoxy) is 1. The molecule has 0 aliphatic rings. The van der Waals surface area contributed by atoms with E-state index in [1.54, 1.807) is 26.1 Å². The molecule has 0 amide bonds. The summed E-state index contributed by atoms with van der Waals surface area (Å²) in [4.78, 5) is 8.05. The maximum atomic E-state index is 13.1. The second kappa shape index (κ2) is 9.16. The Labute approximate surface area is 170 Å². The van der Waals surface area contributed by atoms with E-state index in [-0.39, 0.29) is 18.1 Å². The normalized spacial score (nSPS) is 12.1. The smallest absolute Gasteiger partial charge is 0.265 e. The zero-order valence-corrected chi connectivity index (χ0v) is 16.2. The Morgan fingerprint density at radius 3 is 2.70 bits per heavy atom. The molecule has 0 atom stereocenters. The van der Waals surface area contributed by atoms with Gasteiger partial charge in [0.15, 0.2) is 11.6 Å². The van der Waals surface area contributed by atoms with Crippen molar-refractivity contribution in [2.24, 2.45) is 4.99 Å². The van der Waals surface area contributed by atoms with Crippen molar-refractivity contribution in [2.45, 2.75) is 20.0 Å². The third-order valence-corrected chi connectivity index (χ3v) is 4.04. The van der Waals surface area contributed by atoms with Gasteiger partial charge in [0.1, 0.15) is 12.3 Å². The quantitative estimate of drug-likeness (QED) is 0.334. The van der Waals surface area contributed by atoms with Crippen molar-refractivity contribution in [2.75, 3.05) is 7.05 Å². The molecule has 0 aromatic carbocycles. The topological polar surface area (TPSA) is 83.0 Å². The number of aryl methyl sites for hydroxylation is 1. The van der Waals surface area contributed by atoms with Crippen LogP contribution in [0.25, 0.3) is 11.5 Å². The van der Waals surface area contributed by atoms with Crippen LogP contribution < -0.4 is 0 Å². The molecule has 0 radical (unpaired) electrons. The van der Waals surface area contributed by atoms with Crippen LogP contribution in [0.2, 0.25) is 0 Å². The Morgan fingerprint density at radius 1 is 1.30 bits per heavy atom. The van der Waals surface area contributed by atoms with Gasteiger partial charge in [0.05, 0.1) is 23.8 Å². The highest BCUT2D eigenvalue weighted by atomic mass is 19.3. The molecule has 3 aromatic rings. The summed E-state index contributed by atoms with van der Waals surface area (Å²) >= 11 is 0. The first-order valence-electron chi connectivity index (χ1n) is 8.71. The number of halogens is 3. The zero-order valence-electron chi connectivity index (χ0n) is 16.2. The van der Waals surface area contributed by atoms with E-state index in [1.807, 2.05) is 0 Å². The fourth-order valence-corrected chi connectivity index (χ4v) is 2.41. The molecule has 30 heavy (non-hydrogen) atoms. The van der Waals surface area contributed by atoms with Gasteiger partial charge in [-0.05, 0) is 25.1 Å². The van der Waals surface area contributed by atoms with Crippen LogP contribution in [0.4, 0.5) is 13.2 Å². The van der Waals surface area contributed by atoms with E-state index in [2.05, 4.69) is 32.0 Å². The Kier molecular flexibility index (Phi) is 6.40. The molecule has 8 nitrogen and oxygen atoms in total. The van der Waals surface area contributed by atoms with E-state index in [4.69, 9.17) is 4.74 Å². The number of hydrogen-bond donors (Lipinski definition) is 0. The molecule has 0 spiro atoms. The number of nitrogens with zero attached hydrogens (tertiary/aromatic N) is 7. The van der Waals surface area contributed by atoms with Gasteiger partial charge in [-0.3, -0.25) is 4.99 Å². The minimum absolute atomic E-state index is 0.0526. The van der Waals surface area contributed by atoms with Crippen LogP contribution in [0.5, 0.6) is 0 Å². The predicted molar refractivity (Wildman–Crippen MR) is 104 cm³/mol. The van der Waals surface area contributed by atoms with E-state index in [0.717, 1.165) is 12.4 Å². The van der Waals surface area contributed by atoms with Crippen molar-refractivity contribution in [1.29, 1.82) is 0 Å². The van der Waals surface area contributed by atoms with Gasteiger partial charge < -0.3 is 4.74 Å². The number of aromatic nitrogens is 6. The molecule has 0 fully saturated rings. The average molecular weight is 417 g/mol. The number of rotatable bonds is 7. The first-order valence-corrected chi connectivity index (χ1v) is 8.71. The third-order valence-electron chi connectivity index (χ3n) is 4.04. The lowest BCUT2D eigenvalue weighted by Gasteiger charge is -2.09. The zero-order chi connectivity index (χ0) is 21.7. The number of pyridine rings is 1. The third kappa shape index (κ3) is 4.80. The second-order valence-corrected chi connectivity index (χ2v) is 6.06. The Bertz CT molecular complexity index is 1080. The molecular weight excluding hydrogens is 399 g/mol. The summed E-state index contributed by atoms with van der Waals surface area (Å²) in [6, 6.07) is 2.71. The first-order chi connectivity index (χ1) is 14.4. The van der Waals surface area contributed by atoms with Crippen LogP contribution in [-0.2, 0) is 11.3 Å². The van der Waals surface area contributed by atoms with Crippen molar-refractivity contribution in [3.8, 4) is 5.82 Å². The van der Waals surface area contributed by atoms with Crippen molar-refractivity contribution in [3.05, 3.63) is 72.2 Å². The first kappa shape index (κ1) is 21.0. The van der Waals surface area contributed by atoms with Gasteiger partial charge >= 0.3 is 0 Å². The summed E-state index contributed by atoms with van der Waals surface area (Å²) in [6.45, 7) is 5.58. The molecule has 0 N–H and O–H groups in total. The van der Waals surface area contributed by atoms with Crippen LogP contribution in [-0.4, -0.2) is 42.7 Å². The largest absolute Gasteiger partial charge is 0.471 e. The number of allylic oxidation sites excluding steroid dienone is 2. The molecule has 3 aromatic heterocycles. The molecule has 3 rings (SSSR count). The fourth-order valence-electron chi connectivity index (χ4n) is 2.41. The Balaban J connectivity index is 1.71. The van der Waals surface area contributed by atoms with E-state index in [9.17, 15) is 13.2 Å². The van der Waals surface area contributed by atoms with Crippen LogP contribution in [0.1, 0.15) is 23.4 Å². The molecule has 0 saturated heterocycles. The molecule has 0 aliphatic heterocycles. The number of alkyl halides is 2.